The Balaban J connectivity index is 3.79. The number of hydrogen-bond donors (Lipinski definition) is 0. The first kappa shape index (κ1) is 14.6. The molecule has 15 heavy (non-hydrogen) atoms. The van der Waals surface area contributed by atoms with Gasteiger partial charge in [0.15, 0.2) is 0 Å². The molecule has 0 aromatic rings. The SMILES string of the molecule is CCS(=O)(=O)CCCCC(=O)C(C)(C)C. The topological polar surface area (TPSA) is 51.2 Å². The summed E-state index contributed by atoms with van der Waals surface area (Å²) in [5, 5.41) is 0. The van der Waals surface area contributed by atoms with Gasteiger partial charge in [-0.3, -0.25) is 4.79 Å². The minimum Gasteiger partial charge on any atom is -0.299 e. The van der Waals surface area contributed by atoms with Crippen LogP contribution in [0.2, 0.25) is 0 Å². The molecule has 0 aliphatic carbocycles. The van der Waals surface area contributed by atoms with Gasteiger partial charge in [0.25, 0.3) is 0 Å². The standard InChI is InChI=1S/C11H22O3S/c1-5-15(13,14)9-7-6-8-10(12)11(2,3)4/h5-9H2,1-4H3. The Kier molecular flexibility index (Phi) is 5.49. The molecule has 0 amide bonds. The van der Waals surface area contributed by atoms with Crippen molar-refractivity contribution < 1.29 is 13.2 Å². The van der Waals surface area contributed by atoms with Crippen LogP contribution in [0.3, 0.4) is 0 Å². The second kappa shape index (κ2) is 5.64. The van der Waals surface area contributed by atoms with Crippen LogP contribution in [0.1, 0.15) is 47.0 Å². The van der Waals surface area contributed by atoms with E-state index in [-0.39, 0.29) is 22.7 Å². The predicted octanol–water partition coefficient (Wildman–Crippen LogP) is 2.21. The molecular formula is C11H22O3S. The van der Waals surface area contributed by atoms with Gasteiger partial charge in [-0.05, 0) is 12.8 Å². The fourth-order valence-electron chi connectivity index (χ4n) is 1.13. The minimum absolute atomic E-state index is 0.195. The predicted molar refractivity (Wildman–Crippen MR) is 62.6 cm³/mol. The lowest BCUT2D eigenvalue weighted by Crippen LogP contribution is -2.20. The maximum absolute atomic E-state index is 11.5. The Morgan fingerprint density at radius 1 is 1.13 bits per heavy atom. The van der Waals surface area contributed by atoms with Crippen LogP contribution in [0, 0.1) is 5.41 Å². The summed E-state index contributed by atoms with van der Waals surface area (Å²) in [4.78, 5) is 11.5. The number of sulfone groups is 1. The average molecular weight is 234 g/mol. The highest BCUT2D eigenvalue weighted by Gasteiger charge is 2.20. The molecule has 0 spiro atoms. The van der Waals surface area contributed by atoms with Crippen molar-refractivity contribution in [1.29, 1.82) is 0 Å². The normalized spacial score (nSPS) is 12.8. The highest BCUT2D eigenvalue weighted by molar-refractivity contribution is 7.91. The Morgan fingerprint density at radius 2 is 1.67 bits per heavy atom. The van der Waals surface area contributed by atoms with E-state index in [1.54, 1.807) is 6.92 Å². The summed E-state index contributed by atoms with van der Waals surface area (Å²) in [7, 11) is -2.86. The quantitative estimate of drug-likeness (QED) is 0.662. The fraction of sp³-hybridized carbons (Fsp3) is 0.909. The van der Waals surface area contributed by atoms with Crippen molar-refractivity contribution in [1.82, 2.24) is 0 Å². The largest absolute Gasteiger partial charge is 0.299 e. The van der Waals surface area contributed by atoms with Crippen molar-refractivity contribution in [2.75, 3.05) is 11.5 Å². The highest BCUT2D eigenvalue weighted by Crippen LogP contribution is 2.18. The van der Waals surface area contributed by atoms with Gasteiger partial charge >= 0.3 is 0 Å². The van der Waals surface area contributed by atoms with Gasteiger partial charge in [-0.25, -0.2) is 8.42 Å². The van der Waals surface area contributed by atoms with Gasteiger partial charge in [0, 0.05) is 17.6 Å². The third-order valence-corrected chi connectivity index (χ3v) is 4.18. The van der Waals surface area contributed by atoms with Gasteiger partial charge in [-0.1, -0.05) is 27.7 Å². The molecule has 0 N–H and O–H groups in total. The van der Waals surface area contributed by atoms with Gasteiger partial charge < -0.3 is 0 Å². The molecule has 0 aliphatic heterocycles. The van der Waals surface area contributed by atoms with Gasteiger partial charge in [0.05, 0.1) is 5.75 Å². The first-order chi connectivity index (χ1) is 6.69. The van der Waals surface area contributed by atoms with E-state index in [1.165, 1.54) is 0 Å². The molecule has 0 radical (unpaired) electrons. The summed E-state index contributed by atoms with van der Waals surface area (Å²) in [5.41, 5.74) is -0.302. The summed E-state index contributed by atoms with van der Waals surface area (Å²) in [6, 6.07) is 0. The van der Waals surface area contributed by atoms with E-state index in [9.17, 15) is 13.2 Å². The van der Waals surface area contributed by atoms with Gasteiger partial charge in [0.2, 0.25) is 0 Å². The van der Waals surface area contributed by atoms with E-state index in [2.05, 4.69) is 0 Å². The molecule has 0 saturated carbocycles. The molecule has 0 aliphatic rings. The summed E-state index contributed by atoms with van der Waals surface area (Å²) < 4.78 is 22.3. The molecule has 4 heteroatoms. The van der Waals surface area contributed by atoms with Crippen molar-refractivity contribution in [3.8, 4) is 0 Å². The maximum Gasteiger partial charge on any atom is 0.150 e. The van der Waals surface area contributed by atoms with Crippen molar-refractivity contribution in [3.63, 3.8) is 0 Å². The van der Waals surface area contributed by atoms with E-state index in [4.69, 9.17) is 0 Å². The minimum atomic E-state index is -2.86. The Morgan fingerprint density at radius 3 is 2.07 bits per heavy atom. The Hall–Kier alpha value is -0.380. The van der Waals surface area contributed by atoms with Gasteiger partial charge in [0.1, 0.15) is 15.6 Å². The van der Waals surface area contributed by atoms with Crippen LogP contribution in [-0.2, 0) is 14.6 Å². The van der Waals surface area contributed by atoms with E-state index in [0.717, 1.165) is 0 Å². The van der Waals surface area contributed by atoms with E-state index in [1.807, 2.05) is 20.8 Å². The van der Waals surface area contributed by atoms with E-state index in [0.29, 0.717) is 19.3 Å². The molecule has 0 bridgehead atoms. The van der Waals surface area contributed by atoms with Crippen LogP contribution < -0.4 is 0 Å². The second-order valence-electron chi connectivity index (χ2n) is 4.87. The number of hydrogen-bond acceptors (Lipinski definition) is 3. The lowest BCUT2D eigenvalue weighted by molar-refractivity contribution is -0.126. The zero-order valence-electron chi connectivity index (χ0n) is 10.2. The second-order valence-corrected chi connectivity index (χ2v) is 7.34. The van der Waals surface area contributed by atoms with Gasteiger partial charge in [-0.15, -0.1) is 0 Å². The summed E-state index contributed by atoms with van der Waals surface area (Å²) in [6.07, 6.45) is 1.76. The third kappa shape index (κ3) is 6.66. The number of unbranched alkanes of at least 4 members (excludes halogenated alkanes) is 1. The summed E-state index contributed by atoms with van der Waals surface area (Å²) in [6.45, 7) is 7.31. The number of rotatable bonds is 6. The molecule has 0 fully saturated rings. The van der Waals surface area contributed by atoms with E-state index < -0.39 is 9.84 Å². The smallest absolute Gasteiger partial charge is 0.150 e. The van der Waals surface area contributed by atoms with E-state index >= 15 is 0 Å². The molecule has 0 atom stereocenters. The molecule has 0 aromatic heterocycles. The number of ketones is 1. The zero-order chi connectivity index (χ0) is 12.1. The maximum atomic E-state index is 11.5. The lowest BCUT2D eigenvalue weighted by Gasteiger charge is -2.15. The molecular weight excluding hydrogens is 212 g/mol. The Bertz CT molecular complexity index is 296. The average Bonchev–Trinajstić information content (AvgIpc) is 2.10. The third-order valence-electron chi connectivity index (χ3n) is 2.39. The molecule has 0 saturated heterocycles. The van der Waals surface area contributed by atoms with Crippen molar-refractivity contribution >= 4 is 15.6 Å². The summed E-state index contributed by atoms with van der Waals surface area (Å²) in [5.74, 6) is 0.609. The molecule has 90 valence electrons. The van der Waals surface area contributed by atoms with Crippen LogP contribution in [0.5, 0.6) is 0 Å². The van der Waals surface area contributed by atoms with Crippen molar-refractivity contribution in [2.45, 2.75) is 47.0 Å². The number of carbonyl (C=O) groups excluding carboxylic acids is 1. The number of carbonyl (C=O) groups is 1. The van der Waals surface area contributed by atoms with Crippen LogP contribution in [-0.4, -0.2) is 25.7 Å². The van der Waals surface area contributed by atoms with Crippen LogP contribution in [0.25, 0.3) is 0 Å². The zero-order valence-corrected chi connectivity index (χ0v) is 11.0. The summed E-state index contributed by atoms with van der Waals surface area (Å²) >= 11 is 0. The monoisotopic (exact) mass is 234 g/mol. The van der Waals surface area contributed by atoms with Crippen LogP contribution in [0.4, 0.5) is 0 Å². The van der Waals surface area contributed by atoms with Gasteiger partial charge in [-0.2, -0.15) is 0 Å². The molecule has 0 rings (SSSR count). The van der Waals surface area contributed by atoms with Crippen LogP contribution >= 0.6 is 0 Å². The molecule has 0 heterocycles. The lowest BCUT2D eigenvalue weighted by atomic mass is 9.88. The highest BCUT2D eigenvalue weighted by atomic mass is 32.2. The first-order valence-corrected chi connectivity index (χ1v) is 7.25. The molecule has 3 nitrogen and oxygen atoms in total. The Labute approximate surface area is 93.2 Å². The van der Waals surface area contributed by atoms with Crippen LogP contribution in [0.15, 0.2) is 0 Å². The fourth-order valence-corrected chi connectivity index (χ4v) is 2.06. The van der Waals surface area contributed by atoms with Crippen molar-refractivity contribution in [2.24, 2.45) is 5.41 Å². The molecule has 0 aromatic carbocycles. The number of Topliss-reactive ketones (excluding diaryl/α,β-unsaturated/α-hetero) is 1. The van der Waals surface area contributed by atoms with Crippen molar-refractivity contribution in [3.05, 3.63) is 0 Å². The first-order valence-electron chi connectivity index (χ1n) is 5.43. The molecule has 0 unspecified atom stereocenters.